The van der Waals surface area contributed by atoms with Gasteiger partial charge in [0, 0.05) is 50.4 Å². The van der Waals surface area contributed by atoms with Crippen molar-refractivity contribution in [3.05, 3.63) is 59.8 Å². The number of anilines is 1. The van der Waals surface area contributed by atoms with Crippen molar-refractivity contribution >= 4 is 22.5 Å². The molecule has 1 aliphatic heterocycles. The molecule has 1 amide bonds. The number of fused-ring (bicyclic) bond motifs is 1. The maximum atomic E-state index is 14.6. The zero-order valence-electron chi connectivity index (χ0n) is 15.4. The summed E-state index contributed by atoms with van der Waals surface area (Å²) in [5, 5.41) is 0.481. The molecule has 0 bridgehead atoms. The predicted octanol–water partition coefficient (Wildman–Crippen LogP) is 3.89. The van der Waals surface area contributed by atoms with Crippen LogP contribution in [0.1, 0.15) is 12.5 Å². The van der Waals surface area contributed by atoms with Gasteiger partial charge in [0.25, 0.3) is 0 Å². The van der Waals surface area contributed by atoms with Gasteiger partial charge >= 0.3 is 0 Å². The van der Waals surface area contributed by atoms with Crippen molar-refractivity contribution in [2.45, 2.75) is 13.8 Å². The van der Waals surface area contributed by atoms with E-state index in [1.54, 1.807) is 42.0 Å². The van der Waals surface area contributed by atoms with Crippen LogP contribution in [0.4, 0.5) is 14.5 Å². The fourth-order valence-corrected chi connectivity index (χ4v) is 3.76. The number of aromatic nitrogens is 1. The molecule has 0 saturated carbocycles. The molecule has 1 aromatic heterocycles. The number of amides is 1. The van der Waals surface area contributed by atoms with Gasteiger partial charge in [-0.3, -0.25) is 4.79 Å². The molecule has 3 aromatic rings. The lowest BCUT2D eigenvalue weighted by atomic mass is 10.1. The second-order valence-corrected chi connectivity index (χ2v) is 6.94. The average molecular weight is 369 g/mol. The summed E-state index contributed by atoms with van der Waals surface area (Å²) in [4.78, 5) is 15.5. The van der Waals surface area contributed by atoms with Gasteiger partial charge in [-0.2, -0.15) is 0 Å². The van der Waals surface area contributed by atoms with Crippen molar-refractivity contribution in [1.29, 1.82) is 0 Å². The first-order valence-corrected chi connectivity index (χ1v) is 9.02. The SMILES string of the molecule is CC(=O)N1CCN(c2ccc(F)c(-n3ccc4c(F)ccc(C)c43)c2)CC1. The first-order chi connectivity index (χ1) is 13.0. The number of hydrogen-bond donors (Lipinski definition) is 0. The Labute approximate surface area is 156 Å². The molecule has 140 valence electrons. The van der Waals surface area contributed by atoms with Crippen molar-refractivity contribution in [2.24, 2.45) is 0 Å². The minimum absolute atomic E-state index is 0.0748. The van der Waals surface area contributed by atoms with Crippen LogP contribution in [0.5, 0.6) is 0 Å². The average Bonchev–Trinajstić information content (AvgIpc) is 3.11. The van der Waals surface area contributed by atoms with E-state index in [4.69, 9.17) is 0 Å². The second kappa shape index (κ2) is 6.68. The van der Waals surface area contributed by atoms with Gasteiger partial charge in [-0.15, -0.1) is 0 Å². The molecule has 1 saturated heterocycles. The summed E-state index contributed by atoms with van der Waals surface area (Å²) in [6, 6.07) is 9.81. The Bertz CT molecular complexity index is 1020. The maximum absolute atomic E-state index is 14.6. The highest BCUT2D eigenvalue weighted by Crippen LogP contribution is 2.29. The van der Waals surface area contributed by atoms with E-state index in [1.807, 2.05) is 11.8 Å². The van der Waals surface area contributed by atoms with Gasteiger partial charge in [-0.25, -0.2) is 8.78 Å². The Hall–Kier alpha value is -2.89. The van der Waals surface area contributed by atoms with Crippen LogP contribution in [0.25, 0.3) is 16.6 Å². The largest absolute Gasteiger partial charge is 0.368 e. The van der Waals surface area contributed by atoms with E-state index in [9.17, 15) is 13.6 Å². The highest BCUT2D eigenvalue weighted by molar-refractivity contribution is 5.85. The van der Waals surface area contributed by atoms with Crippen molar-refractivity contribution in [3.63, 3.8) is 0 Å². The van der Waals surface area contributed by atoms with E-state index in [1.165, 1.54) is 12.1 Å². The van der Waals surface area contributed by atoms with Gasteiger partial charge in [-0.05, 0) is 42.8 Å². The third kappa shape index (κ3) is 3.05. The summed E-state index contributed by atoms with van der Waals surface area (Å²) in [5.41, 5.74) is 2.85. The van der Waals surface area contributed by atoms with E-state index in [0.29, 0.717) is 42.8 Å². The minimum Gasteiger partial charge on any atom is -0.368 e. The van der Waals surface area contributed by atoms with E-state index in [2.05, 4.69) is 4.90 Å². The zero-order valence-corrected chi connectivity index (χ0v) is 15.4. The van der Waals surface area contributed by atoms with E-state index in [0.717, 1.165) is 11.3 Å². The molecule has 1 aliphatic rings. The Balaban J connectivity index is 1.72. The first kappa shape index (κ1) is 17.5. The normalized spacial score (nSPS) is 14.8. The van der Waals surface area contributed by atoms with Gasteiger partial charge in [0.2, 0.25) is 5.91 Å². The summed E-state index contributed by atoms with van der Waals surface area (Å²) < 4.78 is 30.5. The topological polar surface area (TPSA) is 28.5 Å². The molecule has 0 spiro atoms. The number of carbonyl (C=O) groups excluding carboxylic acids is 1. The number of rotatable bonds is 2. The van der Waals surface area contributed by atoms with Gasteiger partial charge in [-0.1, -0.05) is 6.07 Å². The predicted molar refractivity (Wildman–Crippen MR) is 102 cm³/mol. The van der Waals surface area contributed by atoms with Crippen LogP contribution in [0.15, 0.2) is 42.6 Å². The van der Waals surface area contributed by atoms with E-state index < -0.39 is 0 Å². The van der Waals surface area contributed by atoms with Crippen LogP contribution in [0, 0.1) is 18.6 Å². The molecule has 2 aromatic carbocycles. The van der Waals surface area contributed by atoms with Crippen LogP contribution in [0.3, 0.4) is 0 Å². The molecule has 27 heavy (non-hydrogen) atoms. The Morgan fingerprint density at radius 3 is 2.37 bits per heavy atom. The molecule has 1 fully saturated rings. The summed E-state index contributed by atoms with van der Waals surface area (Å²) in [6.45, 7) is 6.17. The van der Waals surface area contributed by atoms with Crippen molar-refractivity contribution in [1.82, 2.24) is 9.47 Å². The highest BCUT2D eigenvalue weighted by Gasteiger charge is 2.20. The fraction of sp³-hybridized carbons (Fsp3) is 0.286. The smallest absolute Gasteiger partial charge is 0.219 e. The Morgan fingerprint density at radius 2 is 1.67 bits per heavy atom. The fourth-order valence-electron chi connectivity index (χ4n) is 3.76. The molecule has 0 N–H and O–H groups in total. The van der Waals surface area contributed by atoms with Crippen LogP contribution in [-0.2, 0) is 4.79 Å². The molecule has 6 heteroatoms. The van der Waals surface area contributed by atoms with E-state index >= 15 is 0 Å². The third-order valence-corrected chi connectivity index (χ3v) is 5.28. The molecule has 4 rings (SSSR count). The number of halogens is 2. The summed E-state index contributed by atoms with van der Waals surface area (Å²) in [7, 11) is 0. The lowest BCUT2D eigenvalue weighted by Crippen LogP contribution is -2.48. The number of piperazine rings is 1. The standard InChI is InChI=1S/C21H21F2N3O/c1-14-3-5-18(22)17-7-8-26(21(14)17)20-13-16(4-6-19(20)23)25-11-9-24(10-12-25)15(2)27/h3-8,13H,9-12H2,1-2H3. The van der Waals surface area contributed by atoms with Crippen molar-refractivity contribution in [3.8, 4) is 5.69 Å². The molecular weight excluding hydrogens is 348 g/mol. The molecule has 4 nitrogen and oxygen atoms in total. The number of carbonyl (C=O) groups is 1. The molecule has 0 radical (unpaired) electrons. The molecule has 0 aliphatic carbocycles. The summed E-state index contributed by atoms with van der Waals surface area (Å²) >= 11 is 0. The zero-order chi connectivity index (χ0) is 19.1. The molecule has 0 unspecified atom stereocenters. The van der Waals surface area contributed by atoms with Gasteiger partial charge in [0.05, 0.1) is 11.2 Å². The van der Waals surface area contributed by atoms with Crippen molar-refractivity contribution in [2.75, 3.05) is 31.1 Å². The van der Waals surface area contributed by atoms with Crippen LogP contribution in [0.2, 0.25) is 0 Å². The number of hydrogen-bond acceptors (Lipinski definition) is 2. The quantitative estimate of drug-likeness (QED) is 0.686. The van der Waals surface area contributed by atoms with Crippen LogP contribution < -0.4 is 4.90 Å². The van der Waals surface area contributed by atoms with Crippen molar-refractivity contribution < 1.29 is 13.6 Å². The first-order valence-electron chi connectivity index (χ1n) is 9.02. The lowest BCUT2D eigenvalue weighted by Gasteiger charge is -2.35. The number of nitrogens with zero attached hydrogens (tertiary/aromatic N) is 3. The molecular formula is C21H21F2N3O. The molecule has 0 atom stereocenters. The van der Waals surface area contributed by atoms with Crippen LogP contribution in [-0.4, -0.2) is 41.6 Å². The Kier molecular flexibility index (Phi) is 4.34. The van der Waals surface area contributed by atoms with Gasteiger partial charge in [0.1, 0.15) is 11.6 Å². The molecule has 2 heterocycles. The Morgan fingerprint density at radius 1 is 0.963 bits per heavy atom. The highest BCUT2D eigenvalue weighted by atomic mass is 19.1. The van der Waals surface area contributed by atoms with Gasteiger partial charge < -0.3 is 14.4 Å². The van der Waals surface area contributed by atoms with Gasteiger partial charge in [0.15, 0.2) is 0 Å². The minimum atomic E-state index is -0.359. The summed E-state index contributed by atoms with van der Waals surface area (Å²) in [6.07, 6.45) is 1.70. The number of benzene rings is 2. The monoisotopic (exact) mass is 369 g/mol. The van der Waals surface area contributed by atoms with E-state index in [-0.39, 0.29) is 17.5 Å². The second-order valence-electron chi connectivity index (χ2n) is 6.94. The summed E-state index contributed by atoms with van der Waals surface area (Å²) in [5.74, 6) is -0.598. The van der Waals surface area contributed by atoms with Crippen LogP contribution >= 0.6 is 0 Å². The maximum Gasteiger partial charge on any atom is 0.219 e. The number of aryl methyl sites for hydroxylation is 1. The lowest BCUT2D eigenvalue weighted by molar-refractivity contribution is -0.129. The third-order valence-electron chi connectivity index (χ3n) is 5.28.